The van der Waals surface area contributed by atoms with Crippen LogP contribution in [-0.2, 0) is 22.4 Å². The lowest BCUT2D eigenvalue weighted by Gasteiger charge is -2.20. The molecule has 0 N–H and O–H groups in total. The molecule has 3 nitrogen and oxygen atoms in total. The van der Waals surface area contributed by atoms with Gasteiger partial charge in [0.2, 0.25) is 0 Å². The highest BCUT2D eigenvalue weighted by Gasteiger charge is 2.21. The number of rotatable bonds is 4. The molecule has 1 saturated heterocycles. The summed E-state index contributed by atoms with van der Waals surface area (Å²) in [5, 5.41) is 0. The van der Waals surface area contributed by atoms with Crippen LogP contribution >= 0.6 is 0 Å². The Morgan fingerprint density at radius 2 is 2.41 bits per heavy atom. The molecule has 0 saturated carbocycles. The Kier molecular flexibility index (Phi) is 4.26. The number of hydrogen-bond acceptors (Lipinski definition) is 3. The summed E-state index contributed by atoms with van der Waals surface area (Å²) in [6, 6.07) is 4.01. The van der Waals surface area contributed by atoms with Gasteiger partial charge in [0, 0.05) is 30.8 Å². The first-order valence-corrected chi connectivity index (χ1v) is 6.34. The van der Waals surface area contributed by atoms with Crippen molar-refractivity contribution in [3.63, 3.8) is 0 Å². The fourth-order valence-electron chi connectivity index (χ4n) is 2.09. The number of nitrogens with zero attached hydrogens (tertiary/aromatic N) is 1. The van der Waals surface area contributed by atoms with Gasteiger partial charge in [-0.1, -0.05) is 13.0 Å². The zero-order valence-electron chi connectivity index (χ0n) is 10.3. The average Bonchev–Trinajstić information content (AvgIpc) is 2.40. The van der Waals surface area contributed by atoms with Gasteiger partial charge in [0.1, 0.15) is 5.78 Å². The number of ketones is 1. The maximum Gasteiger partial charge on any atom is 0.144 e. The molecule has 1 aliphatic heterocycles. The van der Waals surface area contributed by atoms with Crippen molar-refractivity contribution in [2.24, 2.45) is 5.92 Å². The molecule has 3 heteroatoms. The Labute approximate surface area is 102 Å². The molecule has 1 aliphatic rings. The maximum absolute atomic E-state index is 12.0. The van der Waals surface area contributed by atoms with Gasteiger partial charge in [-0.25, -0.2) is 0 Å². The summed E-state index contributed by atoms with van der Waals surface area (Å²) in [7, 11) is 0. The van der Waals surface area contributed by atoms with Gasteiger partial charge in [-0.05, 0) is 30.9 Å². The highest BCUT2D eigenvalue weighted by Crippen LogP contribution is 2.16. The number of aromatic nitrogens is 1. The summed E-state index contributed by atoms with van der Waals surface area (Å²) in [6.07, 6.45) is 5.25. The minimum absolute atomic E-state index is 0.0800. The van der Waals surface area contributed by atoms with E-state index in [9.17, 15) is 4.79 Å². The minimum Gasteiger partial charge on any atom is -0.381 e. The zero-order valence-corrected chi connectivity index (χ0v) is 10.3. The standard InChI is InChI=1S/C14H19NO2/c1-2-11-5-6-13(15-9-11)8-14(16)12-4-3-7-17-10-12/h5-6,9,12H,2-4,7-8,10H2,1H3. The topological polar surface area (TPSA) is 39.2 Å². The zero-order chi connectivity index (χ0) is 12.1. The van der Waals surface area contributed by atoms with Crippen LogP contribution in [0.5, 0.6) is 0 Å². The van der Waals surface area contributed by atoms with Gasteiger partial charge in [0.15, 0.2) is 0 Å². The monoisotopic (exact) mass is 233 g/mol. The second-order valence-electron chi connectivity index (χ2n) is 4.57. The van der Waals surface area contributed by atoms with Crippen molar-refractivity contribution in [3.8, 4) is 0 Å². The van der Waals surface area contributed by atoms with Crippen LogP contribution < -0.4 is 0 Å². The van der Waals surface area contributed by atoms with E-state index in [2.05, 4.69) is 11.9 Å². The van der Waals surface area contributed by atoms with E-state index < -0.39 is 0 Å². The summed E-state index contributed by atoms with van der Waals surface area (Å²) in [4.78, 5) is 16.3. The molecule has 0 aliphatic carbocycles. The summed E-state index contributed by atoms with van der Waals surface area (Å²) >= 11 is 0. The smallest absolute Gasteiger partial charge is 0.144 e. The summed E-state index contributed by atoms with van der Waals surface area (Å²) in [5.41, 5.74) is 2.08. The van der Waals surface area contributed by atoms with Crippen LogP contribution in [-0.4, -0.2) is 24.0 Å². The molecule has 1 atom stereocenters. The second-order valence-corrected chi connectivity index (χ2v) is 4.57. The van der Waals surface area contributed by atoms with Crippen LogP contribution in [0.1, 0.15) is 31.0 Å². The molecule has 1 aromatic heterocycles. The molecule has 17 heavy (non-hydrogen) atoms. The fraction of sp³-hybridized carbons (Fsp3) is 0.571. The van der Waals surface area contributed by atoms with Gasteiger partial charge in [-0.2, -0.15) is 0 Å². The van der Waals surface area contributed by atoms with Crippen LogP contribution in [0.3, 0.4) is 0 Å². The van der Waals surface area contributed by atoms with E-state index in [1.165, 1.54) is 5.56 Å². The van der Waals surface area contributed by atoms with Gasteiger partial charge in [-0.15, -0.1) is 0 Å². The van der Waals surface area contributed by atoms with Gasteiger partial charge >= 0.3 is 0 Å². The Bertz CT molecular complexity index is 366. The van der Waals surface area contributed by atoms with E-state index in [1.807, 2.05) is 18.3 Å². The first-order chi connectivity index (χ1) is 8.29. The third-order valence-corrected chi connectivity index (χ3v) is 3.27. The lowest BCUT2D eigenvalue weighted by atomic mass is 9.94. The third kappa shape index (κ3) is 3.37. The van der Waals surface area contributed by atoms with Crippen molar-refractivity contribution in [1.82, 2.24) is 4.98 Å². The maximum atomic E-state index is 12.0. The van der Waals surface area contributed by atoms with Crippen LogP contribution in [0, 0.1) is 5.92 Å². The molecule has 2 rings (SSSR count). The van der Waals surface area contributed by atoms with Crippen molar-refractivity contribution in [2.75, 3.05) is 13.2 Å². The molecule has 0 radical (unpaired) electrons. The van der Waals surface area contributed by atoms with E-state index in [0.29, 0.717) is 13.0 Å². The number of carbonyl (C=O) groups excluding carboxylic acids is 1. The molecular weight excluding hydrogens is 214 g/mol. The molecular formula is C14H19NO2. The number of carbonyl (C=O) groups is 1. The van der Waals surface area contributed by atoms with E-state index in [-0.39, 0.29) is 11.7 Å². The number of Topliss-reactive ketones (excluding diaryl/α,β-unsaturated/α-hetero) is 1. The Balaban J connectivity index is 1.92. The Hall–Kier alpha value is -1.22. The third-order valence-electron chi connectivity index (χ3n) is 3.27. The van der Waals surface area contributed by atoms with E-state index >= 15 is 0 Å². The highest BCUT2D eigenvalue weighted by molar-refractivity contribution is 5.83. The Morgan fingerprint density at radius 1 is 1.53 bits per heavy atom. The number of aryl methyl sites for hydroxylation is 1. The highest BCUT2D eigenvalue weighted by atomic mass is 16.5. The molecule has 0 aromatic carbocycles. The predicted molar refractivity (Wildman–Crippen MR) is 65.9 cm³/mol. The van der Waals surface area contributed by atoms with Crippen molar-refractivity contribution < 1.29 is 9.53 Å². The molecule has 92 valence electrons. The molecule has 0 spiro atoms. The van der Waals surface area contributed by atoms with Gasteiger partial charge in [0.25, 0.3) is 0 Å². The Morgan fingerprint density at radius 3 is 3.00 bits per heavy atom. The van der Waals surface area contributed by atoms with Crippen LogP contribution in [0.2, 0.25) is 0 Å². The quantitative estimate of drug-likeness (QED) is 0.800. The molecule has 1 aromatic rings. The lowest BCUT2D eigenvalue weighted by Crippen LogP contribution is -2.26. The lowest BCUT2D eigenvalue weighted by molar-refractivity contribution is -0.126. The SMILES string of the molecule is CCc1ccc(CC(=O)C2CCCOC2)nc1. The summed E-state index contributed by atoms with van der Waals surface area (Å²) in [6.45, 7) is 3.49. The van der Waals surface area contributed by atoms with Crippen LogP contribution in [0.15, 0.2) is 18.3 Å². The number of pyridine rings is 1. The van der Waals surface area contributed by atoms with Gasteiger partial charge < -0.3 is 4.74 Å². The fourth-order valence-corrected chi connectivity index (χ4v) is 2.09. The van der Waals surface area contributed by atoms with E-state index in [0.717, 1.165) is 31.6 Å². The number of hydrogen-bond donors (Lipinski definition) is 0. The molecule has 0 bridgehead atoms. The van der Waals surface area contributed by atoms with Gasteiger partial charge in [-0.3, -0.25) is 9.78 Å². The number of ether oxygens (including phenoxy) is 1. The van der Waals surface area contributed by atoms with E-state index in [1.54, 1.807) is 0 Å². The second kappa shape index (κ2) is 5.92. The molecule has 2 heterocycles. The normalized spacial score (nSPS) is 20.2. The van der Waals surface area contributed by atoms with Gasteiger partial charge in [0.05, 0.1) is 6.61 Å². The molecule has 0 amide bonds. The van der Waals surface area contributed by atoms with Crippen LogP contribution in [0.4, 0.5) is 0 Å². The van der Waals surface area contributed by atoms with Crippen molar-refractivity contribution >= 4 is 5.78 Å². The van der Waals surface area contributed by atoms with Crippen molar-refractivity contribution in [2.45, 2.75) is 32.6 Å². The summed E-state index contributed by atoms with van der Waals surface area (Å²) < 4.78 is 5.34. The molecule has 1 unspecified atom stereocenters. The first-order valence-electron chi connectivity index (χ1n) is 6.34. The first kappa shape index (κ1) is 12.2. The van der Waals surface area contributed by atoms with Crippen molar-refractivity contribution in [1.29, 1.82) is 0 Å². The largest absolute Gasteiger partial charge is 0.381 e. The molecule has 1 fully saturated rings. The van der Waals surface area contributed by atoms with Crippen molar-refractivity contribution in [3.05, 3.63) is 29.6 Å². The summed E-state index contributed by atoms with van der Waals surface area (Å²) in [5.74, 6) is 0.345. The minimum atomic E-state index is 0.0800. The average molecular weight is 233 g/mol. The predicted octanol–water partition coefficient (Wildman–Crippen LogP) is 2.18. The van der Waals surface area contributed by atoms with E-state index in [4.69, 9.17) is 4.74 Å². The van der Waals surface area contributed by atoms with Crippen LogP contribution in [0.25, 0.3) is 0 Å².